The predicted octanol–water partition coefficient (Wildman–Crippen LogP) is 0.442. The lowest BCUT2D eigenvalue weighted by Gasteiger charge is -2.35. The molecular weight excluding hydrogens is 202 g/mol. The topological polar surface area (TPSA) is 44.4 Å². The van der Waals surface area contributed by atoms with Crippen LogP contribution in [0.15, 0.2) is 0 Å². The fraction of sp³-hybridized carbons (Fsp3) is 0.917. The summed E-state index contributed by atoms with van der Waals surface area (Å²) in [6, 6.07) is 0.0234. The first-order valence-corrected chi connectivity index (χ1v) is 6.29. The predicted molar refractivity (Wildman–Crippen MR) is 66.4 cm³/mol. The number of nitrogens with one attached hydrogen (secondary N) is 2. The van der Waals surface area contributed by atoms with Crippen LogP contribution < -0.4 is 10.6 Å². The molecule has 0 radical (unpaired) electrons. The fourth-order valence-corrected chi connectivity index (χ4v) is 2.35. The molecule has 1 fully saturated rings. The Labute approximate surface area is 98.8 Å². The first kappa shape index (κ1) is 13.5. The molecule has 0 aromatic heterocycles. The van der Waals surface area contributed by atoms with Crippen LogP contribution in [0.2, 0.25) is 0 Å². The van der Waals surface area contributed by atoms with Crippen molar-refractivity contribution in [2.24, 2.45) is 5.92 Å². The number of hydrogen-bond acceptors (Lipinski definition) is 3. The van der Waals surface area contributed by atoms with Crippen molar-refractivity contribution in [3.8, 4) is 0 Å². The van der Waals surface area contributed by atoms with Gasteiger partial charge in [-0.25, -0.2) is 0 Å². The molecule has 1 amide bonds. The third kappa shape index (κ3) is 3.76. The summed E-state index contributed by atoms with van der Waals surface area (Å²) < 4.78 is 0. The number of piperidine rings is 1. The van der Waals surface area contributed by atoms with E-state index in [1.165, 1.54) is 19.3 Å². The van der Waals surface area contributed by atoms with E-state index >= 15 is 0 Å². The van der Waals surface area contributed by atoms with Crippen LogP contribution in [0.1, 0.15) is 26.2 Å². The summed E-state index contributed by atoms with van der Waals surface area (Å²) in [5, 5.41) is 5.92. The summed E-state index contributed by atoms with van der Waals surface area (Å²) in [7, 11) is 3.71. The van der Waals surface area contributed by atoms with E-state index in [2.05, 4.69) is 15.5 Å². The van der Waals surface area contributed by atoms with Gasteiger partial charge in [0.25, 0.3) is 0 Å². The molecule has 1 saturated heterocycles. The molecule has 0 aliphatic carbocycles. The van der Waals surface area contributed by atoms with E-state index < -0.39 is 0 Å². The van der Waals surface area contributed by atoms with Crippen LogP contribution in [0.25, 0.3) is 0 Å². The Kier molecular flexibility index (Phi) is 5.77. The minimum atomic E-state index is 0.0234. The van der Waals surface area contributed by atoms with Crippen molar-refractivity contribution in [3.63, 3.8) is 0 Å². The van der Waals surface area contributed by atoms with Gasteiger partial charge in [0.15, 0.2) is 0 Å². The second-order valence-electron chi connectivity index (χ2n) is 4.66. The molecular formula is C12H25N3O. The van der Waals surface area contributed by atoms with Crippen molar-refractivity contribution < 1.29 is 4.79 Å². The summed E-state index contributed by atoms with van der Waals surface area (Å²) >= 11 is 0. The van der Waals surface area contributed by atoms with Gasteiger partial charge < -0.3 is 10.6 Å². The van der Waals surface area contributed by atoms with Crippen LogP contribution in [-0.2, 0) is 4.79 Å². The van der Waals surface area contributed by atoms with E-state index in [4.69, 9.17) is 0 Å². The Morgan fingerprint density at radius 1 is 1.38 bits per heavy atom. The summed E-state index contributed by atoms with van der Waals surface area (Å²) in [4.78, 5) is 13.8. The largest absolute Gasteiger partial charge is 0.358 e. The molecule has 1 aliphatic heterocycles. The molecule has 0 aromatic carbocycles. The number of carbonyl (C=O) groups is 1. The highest BCUT2D eigenvalue weighted by atomic mass is 16.2. The highest BCUT2D eigenvalue weighted by molar-refractivity contribution is 5.80. The number of carbonyl (C=O) groups excluding carboxylic acids is 1. The van der Waals surface area contributed by atoms with E-state index in [0.29, 0.717) is 0 Å². The van der Waals surface area contributed by atoms with Gasteiger partial charge in [0.2, 0.25) is 5.91 Å². The third-order valence-electron chi connectivity index (χ3n) is 3.63. The van der Waals surface area contributed by atoms with E-state index in [1.54, 1.807) is 7.05 Å². The first-order chi connectivity index (χ1) is 7.69. The van der Waals surface area contributed by atoms with Gasteiger partial charge in [0, 0.05) is 7.05 Å². The van der Waals surface area contributed by atoms with Gasteiger partial charge in [-0.2, -0.15) is 0 Å². The summed E-state index contributed by atoms with van der Waals surface area (Å²) in [6.45, 7) is 5.22. The molecule has 16 heavy (non-hydrogen) atoms. The van der Waals surface area contributed by atoms with E-state index in [-0.39, 0.29) is 11.9 Å². The molecule has 0 saturated carbocycles. The zero-order valence-electron chi connectivity index (χ0n) is 10.8. The number of amides is 1. The van der Waals surface area contributed by atoms with Gasteiger partial charge >= 0.3 is 0 Å². The lowest BCUT2D eigenvalue weighted by Crippen LogP contribution is -2.47. The van der Waals surface area contributed by atoms with Crippen molar-refractivity contribution in [1.82, 2.24) is 15.5 Å². The number of hydrogen-bond donors (Lipinski definition) is 2. The Bertz CT molecular complexity index is 212. The summed E-state index contributed by atoms with van der Waals surface area (Å²) in [5.41, 5.74) is 0. The van der Waals surface area contributed by atoms with Crippen LogP contribution in [0, 0.1) is 5.92 Å². The van der Waals surface area contributed by atoms with E-state index in [1.807, 2.05) is 14.0 Å². The standard InChI is InChI=1S/C12H25N3O/c1-10(12(16)14-3)15-8-5-11(6-9-15)4-7-13-2/h10-11,13H,4-9H2,1-3H3,(H,14,16). The van der Waals surface area contributed by atoms with Gasteiger partial charge in [-0.3, -0.25) is 9.69 Å². The Hall–Kier alpha value is -0.610. The van der Waals surface area contributed by atoms with E-state index in [0.717, 1.165) is 25.6 Å². The van der Waals surface area contributed by atoms with Crippen molar-refractivity contribution in [3.05, 3.63) is 0 Å². The lowest BCUT2D eigenvalue weighted by atomic mass is 9.93. The van der Waals surface area contributed by atoms with Gasteiger partial charge in [-0.1, -0.05) is 0 Å². The summed E-state index contributed by atoms with van der Waals surface area (Å²) in [5.74, 6) is 0.967. The second kappa shape index (κ2) is 6.86. The summed E-state index contributed by atoms with van der Waals surface area (Å²) in [6.07, 6.45) is 3.71. The Balaban J connectivity index is 2.28. The molecule has 1 rings (SSSR count). The van der Waals surface area contributed by atoms with Crippen molar-refractivity contribution in [1.29, 1.82) is 0 Å². The van der Waals surface area contributed by atoms with Gasteiger partial charge in [0.05, 0.1) is 6.04 Å². The number of likely N-dealkylation sites (tertiary alicyclic amines) is 1. The molecule has 2 N–H and O–H groups in total. The molecule has 4 nitrogen and oxygen atoms in total. The van der Waals surface area contributed by atoms with Crippen LogP contribution in [0.3, 0.4) is 0 Å². The molecule has 94 valence electrons. The van der Waals surface area contributed by atoms with Crippen LogP contribution in [0.4, 0.5) is 0 Å². The van der Waals surface area contributed by atoms with Gasteiger partial charge in [0.1, 0.15) is 0 Å². The molecule has 4 heteroatoms. The maximum Gasteiger partial charge on any atom is 0.236 e. The molecule has 1 atom stereocenters. The maximum absolute atomic E-state index is 11.5. The first-order valence-electron chi connectivity index (χ1n) is 6.29. The molecule has 1 unspecified atom stereocenters. The van der Waals surface area contributed by atoms with Crippen molar-refractivity contribution in [2.75, 3.05) is 33.7 Å². The number of nitrogens with zero attached hydrogens (tertiary/aromatic N) is 1. The SMILES string of the molecule is CNCCC1CCN(C(C)C(=O)NC)CC1. The number of likely N-dealkylation sites (N-methyl/N-ethyl adjacent to an activating group) is 1. The third-order valence-corrected chi connectivity index (χ3v) is 3.63. The Morgan fingerprint density at radius 2 is 2.00 bits per heavy atom. The minimum Gasteiger partial charge on any atom is -0.358 e. The molecule has 1 aliphatic rings. The van der Waals surface area contributed by atoms with Crippen molar-refractivity contribution >= 4 is 5.91 Å². The monoisotopic (exact) mass is 227 g/mol. The average molecular weight is 227 g/mol. The smallest absolute Gasteiger partial charge is 0.236 e. The number of rotatable bonds is 5. The molecule has 0 aromatic rings. The molecule has 0 spiro atoms. The minimum absolute atomic E-state index is 0.0234. The highest BCUT2D eigenvalue weighted by Gasteiger charge is 2.25. The zero-order chi connectivity index (χ0) is 12.0. The second-order valence-corrected chi connectivity index (χ2v) is 4.66. The van der Waals surface area contributed by atoms with Gasteiger partial charge in [-0.15, -0.1) is 0 Å². The molecule has 1 heterocycles. The quantitative estimate of drug-likeness (QED) is 0.716. The average Bonchev–Trinajstić information content (AvgIpc) is 2.35. The maximum atomic E-state index is 11.5. The molecule has 0 bridgehead atoms. The normalized spacial score (nSPS) is 20.7. The lowest BCUT2D eigenvalue weighted by molar-refractivity contribution is -0.125. The van der Waals surface area contributed by atoms with Crippen LogP contribution in [-0.4, -0.2) is 50.6 Å². The fourth-order valence-electron chi connectivity index (χ4n) is 2.35. The zero-order valence-corrected chi connectivity index (χ0v) is 10.8. The van der Waals surface area contributed by atoms with Crippen LogP contribution >= 0.6 is 0 Å². The van der Waals surface area contributed by atoms with Gasteiger partial charge in [-0.05, 0) is 58.8 Å². The van der Waals surface area contributed by atoms with Crippen molar-refractivity contribution in [2.45, 2.75) is 32.2 Å². The van der Waals surface area contributed by atoms with Crippen LogP contribution in [0.5, 0.6) is 0 Å². The highest BCUT2D eigenvalue weighted by Crippen LogP contribution is 2.21. The van der Waals surface area contributed by atoms with E-state index in [9.17, 15) is 4.79 Å². The Morgan fingerprint density at radius 3 is 2.50 bits per heavy atom.